The van der Waals surface area contributed by atoms with Crippen LogP contribution in [-0.2, 0) is 6.42 Å². The highest BCUT2D eigenvalue weighted by Gasteiger charge is 2.19. The van der Waals surface area contributed by atoms with Gasteiger partial charge in [-0.05, 0) is 30.7 Å². The summed E-state index contributed by atoms with van der Waals surface area (Å²) in [7, 11) is 0. The number of carbonyl (C=O) groups is 1. The van der Waals surface area contributed by atoms with Crippen molar-refractivity contribution in [1.82, 2.24) is 15.3 Å². The van der Waals surface area contributed by atoms with Crippen LogP contribution in [-0.4, -0.2) is 28.1 Å². The first kappa shape index (κ1) is 16.1. The number of aromatic nitrogens is 2. The fourth-order valence-corrected chi connectivity index (χ4v) is 2.99. The van der Waals surface area contributed by atoms with Crippen LogP contribution in [0.4, 0.5) is 5.82 Å². The summed E-state index contributed by atoms with van der Waals surface area (Å²) in [6, 6.07) is 15.7. The second-order valence-corrected chi connectivity index (χ2v) is 6.19. The van der Waals surface area contributed by atoms with E-state index in [-0.39, 0.29) is 5.91 Å². The third-order valence-electron chi connectivity index (χ3n) is 4.41. The van der Waals surface area contributed by atoms with E-state index in [4.69, 9.17) is 0 Å². The summed E-state index contributed by atoms with van der Waals surface area (Å²) in [6.07, 6.45) is 2.54. The van der Waals surface area contributed by atoms with Gasteiger partial charge in [-0.1, -0.05) is 30.3 Å². The standard InChI is InChI=1S/C20H19N5O/c1-13(14-5-3-2-4-6-14)24-25-19-11-15(7-9-21-19)18-12-16-17(23-18)8-10-22-20(16)26/h2-7,9,11-12,23H,8,10H2,1H3,(H,21,25)(H,22,26)/b24-13+. The molecule has 1 aliphatic heterocycles. The number of pyridine rings is 1. The number of hydrazone groups is 1. The molecule has 1 amide bonds. The van der Waals surface area contributed by atoms with Gasteiger partial charge in [0.15, 0.2) is 0 Å². The molecular formula is C20H19N5O. The van der Waals surface area contributed by atoms with E-state index in [1.807, 2.05) is 55.5 Å². The van der Waals surface area contributed by atoms with Crippen molar-refractivity contribution in [2.45, 2.75) is 13.3 Å². The van der Waals surface area contributed by atoms with Crippen LogP contribution in [0.15, 0.2) is 59.8 Å². The number of hydrogen-bond acceptors (Lipinski definition) is 4. The highest BCUT2D eigenvalue weighted by molar-refractivity contribution is 5.99. The summed E-state index contributed by atoms with van der Waals surface area (Å²) in [6.45, 7) is 2.62. The Hall–Kier alpha value is -3.41. The maximum absolute atomic E-state index is 11.9. The van der Waals surface area contributed by atoms with Crippen LogP contribution in [0.25, 0.3) is 11.3 Å². The Morgan fingerprint density at radius 1 is 1.19 bits per heavy atom. The molecule has 3 N–H and O–H groups in total. The SMILES string of the molecule is C/C(=N\Nc1cc(-c2cc3c([nH]2)CCNC3=O)ccn1)c1ccccc1. The van der Waals surface area contributed by atoms with Crippen molar-refractivity contribution in [2.24, 2.45) is 5.10 Å². The highest BCUT2D eigenvalue weighted by atomic mass is 16.1. The van der Waals surface area contributed by atoms with Crippen molar-refractivity contribution in [3.8, 4) is 11.3 Å². The number of rotatable bonds is 4. The van der Waals surface area contributed by atoms with Crippen LogP contribution in [0.1, 0.15) is 28.5 Å². The molecule has 0 saturated carbocycles. The van der Waals surface area contributed by atoms with Gasteiger partial charge in [0, 0.05) is 36.1 Å². The van der Waals surface area contributed by atoms with Gasteiger partial charge in [-0.3, -0.25) is 10.2 Å². The summed E-state index contributed by atoms with van der Waals surface area (Å²) in [5.74, 6) is 0.624. The van der Waals surface area contributed by atoms with E-state index in [0.29, 0.717) is 12.4 Å². The number of benzene rings is 1. The van der Waals surface area contributed by atoms with Crippen molar-refractivity contribution < 1.29 is 4.79 Å². The van der Waals surface area contributed by atoms with Gasteiger partial charge in [-0.25, -0.2) is 4.98 Å². The van der Waals surface area contributed by atoms with Crippen LogP contribution in [0.2, 0.25) is 0 Å². The van der Waals surface area contributed by atoms with Gasteiger partial charge in [0.1, 0.15) is 5.82 Å². The third-order valence-corrected chi connectivity index (χ3v) is 4.41. The Kier molecular flexibility index (Phi) is 4.23. The molecule has 6 heteroatoms. The molecule has 0 atom stereocenters. The predicted octanol–water partition coefficient (Wildman–Crippen LogP) is 3.20. The van der Waals surface area contributed by atoms with Crippen LogP contribution < -0.4 is 10.7 Å². The average molecular weight is 345 g/mol. The lowest BCUT2D eigenvalue weighted by Gasteiger charge is -2.10. The zero-order valence-electron chi connectivity index (χ0n) is 14.4. The molecule has 0 radical (unpaired) electrons. The van der Waals surface area contributed by atoms with Gasteiger partial charge in [0.05, 0.1) is 11.3 Å². The number of amides is 1. The van der Waals surface area contributed by atoms with Gasteiger partial charge in [0.25, 0.3) is 5.91 Å². The first-order valence-corrected chi connectivity index (χ1v) is 8.53. The fourth-order valence-electron chi connectivity index (χ4n) is 2.99. The largest absolute Gasteiger partial charge is 0.358 e. The number of H-pyrrole nitrogens is 1. The fraction of sp³-hybridized carbons (Fsp3) is 0.150. The number of aromatic amines is 1. The summed E-state index contributed by atoms with van der Waals surface area (Å²) in [5.41, 5.74) is 8.50. The van der Waals surface area contributed by atoms with E-state index in [9.17, 15) is 4.79 Å². The molecule has 3 aromatic rings. The molecule has 2 aromatic heterocycles. The molecule has 130 valence electrons. The highest BCUT2D eigenvalue weighted by Crippen LogP contribution is 2.25. The molecule has 0 unspecified atom stereocenters. The molecular weight excluding hydrogens is 326 g/mol. The Morgan fingerprint density at radius 2 is 2.04 bits per heavy atom. The predicted molar refractivity (Wildman–Crippen MR) is 102 cm³/mol. The Labute approximate surface area is 151 Å². The van der Waals surface area contributed by atoms with Crippen molar-refractivity contribution in [1.29, 1.82) is 0 Å². The van der Waals surface area contributed by atoms with Crippen LogP contribution in [0.5, 0.6) is 0 Å². The molecule has 4 rings (SSSR count). The Bertz CT molecular complexity index is 975. The third kappa shape index (κ3) is 3.21. The number of fused-ring (bicyclic) bond motifs is 1. The number of nitrogens with one attached hydrogen (secondary N) is 3. The van der Waals surface area contributed by atoms with Gasteiger partial charge in [-0.2, -0.15) is 5.10 Å². The molecule has 0 saturated heterocycles. The van der Waals surface area contributed by atoms with Crippen LogP contribution in [0.3, 0.4) is 0 Å². The van der Waals surface area contributed by atoms with E-state index in [0.717, 1.165) is 40.2 Å². The van der Waals surface area contributed by atoms with E-state index < -0.39 is 0 Å². The minimum atomic E-state index is -0.0239. The normalized spacial score (nSPS) is 13.9. The van der Waals surface area contributed by atoms with Gasteiger partial charge in [0.2, 0.25) is 0 Å². The number of carbonyl (C=O) groups excluding carboxylic acids is 1. The van der Waals surface area contributed by atoms with E-state index >= 15 is 0 Å². The molecule has 6 nitrogen and oxygen atoms in total. The monoisotopic (exact) mass is 345 g/mol. The summed E-state index contributed by atoms with van der Waals surface area (Å²) in [4.78, 5) is 19.6. The Morgan fingerprint density at radius 3 is 2.85 bits per heavy atom. The smallest absolute Gasteiger partial charge is 0.253 e. The summed E-state index contributed by atoms with van der Waals surface area (Å²) < 4.78 is 0. The first-order valence-electron chi connectivity index (χ1n) is 8.53. The van der Waals surface area contributed by atoms with Gasteiger partial charge >= 0.3 is 0 Å². The minimum absolute atomic E-state index is 0.0239. The lowest BCUT2D eigenvalue weighted by molar-refractivity contribution is 0.0946. The second-order valence-electron chi connectivity index (χ2n) is 6.19. The molecule has 3 heterocycles. The molecule has 0 fully saturated rings. The average Bonchev–Trinajstić information content (AvgIpc) is 3.13. The minimum Gasteiger partial charge on any atom is -0.358 e. The van der Waals surface area contributed by atoms with Crippen molar-refractivity contribution >= 4 is 17.4 Å². The molecule has 0 aliphatic carbocycles. The number of hydrogen-bond donors (Lipinski definition) is 3. The molecule has 1 aliphatic rings. The molecule has 1 aromatic carbocycles. The molecule has 0 bridgehead atoms. The number of nitrogens with zero attached hydrogens (tertiary/aromatic N) is 2. The Balaban J connectivity index is 1.57. The molecule has 26 heavy (non-hydrogen) atoms. The van der Waals surface area contributed by atoms with Crippen LogP contribution in [0, 0.1) is 0 Å². The maximum Gasteiger partial charge on any atom is 0.253 e. The quantitative estimate of drug-likeness (QED) is 0.502. The second kappa shape index (κ2) is 6.84. The number of anilines is 1. The first-order chi connectivity index (χ1) is 12.7. The van der Waals surface area contributed by atoms with Crippen molar-refractivity contribution in [3.63, 3.8) is 0 Å². The van der Waals surface area contributed by atoms with Gasteiger partial charge in [-0.15, -0.1) is 0 Å². The molecule has 0 spiro atoms. The lowest BCUT2D eigenvalue weighted by atomic mass is 10.1. The van der Waals surface area contributed by atoms with Gasteiger partial charge < -0.3 is 10.3 Å². The summed E-state index contributed by atoms with van der Waals surface area (Å²) in [5, 5.41) is 7.27. The van der Waals surface area contributed by atoms with Crippen LogP contribution >= 0.6 is 0 Å². The topological polar surface area (TPSA) is 82.2 Å². The summed E-state index contributed by atoms with van der Waals surface area (Å²) >= 11 is 0. The van der Waals surface area contributed by atoms with Crippen molar-refractivity contribution in [3.05, 3.63) is 71.5 Å². The zero-order chi connectivity index (χ0) is 17.9. The zero-order valence-corrected chi connectivity index (χ0v) is 14.4. The maximum atomic E-state index is 11.9. The lowest BCUT2D eigenvalue weighted by Crippen LogP contribution is -2.31. The van der Waals surface area contributed by atoms with E-state index in [1.54, 1.807) is 6.20 Å². The van der Waals surface area contributed by atoms with E-state index in [1.165, 1.54) is 0 Å². The van der Waals surface area contributed by atoms with Crippen molar-refractivity contribution in [2.75, 3.05) is 12.0 Å². The van der Waals surface area contributed by atoms with E-state index in [2.05, 4.69) is 25.8 Å².